The van der Waals surface area contributed by atoms with Crippen LogP contribution in [0.4, 0.5) is 0 Å². The Morgan fingerprint density at radius 3 is 1.30 bits per heavy atom. The molecule has 0 aliphatic heterocycles. The van der Waals surface area contributed by atoms with E-state index in [4.69, 9.17) is 0 Å². The van der Waals surface area contributed by atoms with E-state index in [0.717, 1.165) is 64.6 Å². The molecular formula is C42H80N2O2. The summed E-state index contributed by atoms with van der Waals surface area (Å²) in [5.74, 6) is 0.712. The fourth-order valence-electron chi connectivity index (χ4n) is 6.07. The van der Waals surface area contributed by atoms with Crippen molar-refractivity contribution in [2.75, 3.05) is 33.7 Å². The van der Waals surface area contributed by atoms with Crippen LogP contribution in [-0.4, -0.2) is 55.2 Å². The number of carbonyl (C=O) groups is 2. The Kier molecular flexibility index (Phi) is 35.3. The van der Waals surface area contributed by atoms with Gasteiger partial charge in [-0.1, -0.05) is 134 Å². The fourth-order valence-corrected chi connectivity index (χ4v) is 6.07. The second kappa shape index (κ2) is 36.4. The maximum Gasteiger partial charge on any atom is 0.222 e. The highest BCUT2D eigenvalue weighted by molar-refractivity contribution is 5.78. The lowest BCUT2D eigenvalue weighted by Gasteiger charge is -2.23. The number of hydrogen-bond acceptors (Lipinski definition) is 3. The van der Waals surface area contributed by atoms with Crippen LogP contribution >= 0.6 is 0 Å². The molecule has 0 radical (unpaired) electrons. The van der Waals surface area contributed by atoms with Gasteiger partial charge in [-0.05, 0) is 91.3 Å². The van der Waals surface area contributed by atoms with Crippen LogP contribution in [0.25, 0.3) is 0 Å². The SMILES string of the molecule is CCCCCCCC/C=C\CCCCCCCCN(CCCCCC(=O)CC/C=C/CCCCCCCC)C(=O)CCCN(C)C. The molecule has 0 aromatic carbocycles. The van der Waals surface area contributed by atoms with E-state index in [9.17, 15) is 9.59 Å². The summed E-state index contributed by atoms with van der Waals surface area (Å²) in [4.78, 5) is 29.6. The summed E-state index contributed by atoms with van der Waals surface area (Å²) in [6.07, 6.45) is 43.6. The Balaban J connectivity index is 4.02. The van der Waals surface area contributed by atoms with Crippen molar-refractivity contribution in [1.82, 2.24) is 9.80 Å². The summed E-state index contributed by atoms with van der Waals surface area (Å²) >= 11 is 0. The monoisotopic (exact) mass is 645 g/mol. The largest absolute Gasteiger partial charge is 0.343 e. The van der Waals surface area contributed by atoms with E-state index in [1.54, 1.807) is 0 Å². The summed E-state index contributed by atoms with van der Waals surface area (Å²) in [5.41, 5.74) is 0. The predicted molar refractivity (Wildman–Crippen MR) is 204 cm³/mol. The quantitative estimate of drug-likeness (QED) is 0.0503. The van der Waals surface area contributed by atoms with Gasteiger partial charge in [0.15, 0.2) is 0 Å². The highest BCUT2D eigenvalue weighted by atomic mass is 16.2. The minimum Gasteiger partial charge on any atom is -0.343 e. The maximum absolute atomic E-state index is 13.0. The van der Waals surface area contributed by atoms with Crippen LogP contribution in [0.2, 0.25) is 0 Å². The number of allylic oxidation sites excluding steroid dienone is 4. The van der Waals surface area contributed by atoms with Crippen molar-refractivity contribution in [3.63, 3.8) is 0 Å². The van der Waals surface area contributed by atoms with Gasteiger partial charge in [0.2, 0.25) is 5.91 Å². The molecule has 1 amide bonds. The van der Waals surface area contributed by atoms with E-state index < -0.39 is 0 Å². The normalized spacial score (nSPS) is 11.8. The van der Waals surface area contributed by atoms with Gasteiger partial charge >= 0.3 is 0 Å². The zero-order valence-corrected chi connectivity index (χ0v) is 31.6. The average Bonchev–Trinajstić information content (AvgIpc) is 3.04. The molecule has 0 bridgehead atoms. The van der Waals surface area contributed by atoms with Crippen molar-refractivity contribution in [2.45, 2.75) is 200 Å². The third kappa shape index (κ3) is 33.9. The third-order valence-electron chi connectivity index (χ3n) is 9.15. The van der Waals surface area contributed by atoms with Gasteiger partial charge in [0, 0.05) is 32.4 Å². The fraction of sp³-hybridized carbons (Fsp3) is 0.857. The van der Waals surface area contributed by atoms with Crippen LogP contribution < -0.4 is 0 Å². The lowest BCUT2D eigenvalue weighted by atomic mass is 10.1. The van der Waals surface area contributed by atoms with E-state index in [2.05, 4.69) is 62.0 Å². The Hall–Kier alpha value is -1.42. The van der Waals surface area contributed by atoms with Crippen molar-refractivity contribution >= 4 is 11.7 Å². The van der Waals surface area contributed by atoms with Crippen molar-refractivity contribution in [2.24, 2.45) is 0 Å². The second-order valence-corrected chi connectivity index (χ2v) is 14.1. The van der Waals surface area contributed by atoms with Gasteiger partial charge in [-0.15, -0.1) is 0 Å². The van der Waals surface area contributed by atoms with Crippen molar-refractivity contribution in [1.29, 1.82) is 0 Å². The van der Waals surface area contributed by atoms with Crippen LogP contribution in [0, 0.1) is 0 Å². The van der Waals surface area contributed by atoms with Crippen molar-refractivity contribution < 1.29 is 9.59 Å². The van der Waals surface area contributed by atoms with Crippen LogP contribution in [0.3, 0.4) is 0 Å². The van der Waals surface area contributed by atoms with Crippen LogP contribution in [0.5, 0.6) is 0 Å². The van der Waals surface area contributed by atoms with E-state index in [1.807, 2.05) is 0 Å². The van der Waals surface area contributed by atoms with E-state index in [1.165, 1.54) is 122 Å². The number of amides is 1. The van der Waals surface area contributed by atoms with E-state index >= 15 is 0 Å². The van der Waals surface area contributed by atoms with Crippen molar-refractivity contribution in [3.05, 3.63) is 24.3 Å². The van der Waals surface area contributed by atoms with E-state index in [-0.39, 0.29) is 0 Å². The lowest BCUT2D eigenvalue weighted by Crippen LogP contribution is -2.33. The van der Waals surface area contributed by atoms with Gasteiger partial charge in [-0.3, -0.25) is 9.59 Å². The van der Waals surface area contributed by atoms with Crippen LogP contribution in [-0.2, 0) is 9.59 Å². The number of ketones is 1. The standard InChI is InChI=1S/C42H80N2O2/c1-5-7-9-11-13-15-17-18-19-20-21-22-24-26-28-32-39-44(42(46)37-34-38-43(3)4)40-33-29-31-36-41(45)35-30-27-25-23-16-14-12-10-8-6-2/h18-19,25,27H,5-17,20-24,26,28-40H2,1-4H3/b19-18-,27-25+. The molecule has 0 N–H and O–H groups in total. The lowest BCUT2D eigenvalue weighted by molar-refractivity contribution is -0.131. The average molecular weight is 645 g/mol. The third-order valence-corrected chi connectivity index (χ3v) is 9.15. The van der Waals surface area contributed by atoms with Crippen LogP contribution in [0.15, 0.2) is 24.3 Å². The summed E-state index contributed by atoms with van der Waals surface area (Å²) < 4.78 is 0. The molecular weight excluding hydrogens is 564 g/mol. The number of Topliss-reactive ketones (excluding diaryl/α,β-unsaturated/α-hetero) is 1. The highest BCUT2D eigenvalue weighted by Crippen LogP contribution is 2.13. The maximum atomic E-state index is 13.0. The molecule has 0 aromatic heterocycles. The molecule has 46 heavy (non-hydrogen) atoms. The molecule has 4 heteroatoms. The van der Waals surface area contributed by atoms with Crippen molar-refractivity contribution in [3.8, 4) is 0 Å². The van der Waals surface area contributed by atoms with Gasteiger partial charge in [0.05, 0.1) is 0 Å². The number of rotatable bonds is 36. The topological polar surface area (TPSA) is 40.6 Å². The Morgan fingerprint density at radius 2 is 0.826 bits per heavy atom. The molecule has 4 nitrogen and oxygen atoms in total. The number of unbranched alkanes of at least 4 members (excludes halogenated alkanes) is 20. The predicted octanol–water partition coefficient (Wildman–Crippen LogP) is 12.4. The van der Waals surface area contributed by atoms with Gasteiger partial charge in [-0.25, -0.2) is 0 Å². The van der Waals surface area contributed by atoms with E-state index in [0.29, 0.717) is 31.0 Å². The molecule has 0 saturated heterocycles. The zero-order valence-electron chi connectivity index (χ0n) is 31.6. The smallest absolute Gasteiger partial charge is 0.222 e. The highest BCUT2D eigenvalue weighted by Gasteiger charge is 2.13. The zero-order chi connectivity index (χ0) is 33.8. The van der Waals surface area contributed by atoms with Crippen LogP contribution in [0.1, 0.15) is 200 Å². The Labute approximate surface area is 288 Å². The summed E-state index contributed by atoms with van der Waals surface area (Å²) in [7, 11) is 4.14. The molecule has 0 fully saturated rings. The minimum atomic E-state index is 0.318. The molecule has 270 valence electrons. The summed E-state index contributed by atoms with van der Waals surface area (Å²) in [5, 5.41) is 0. The number of nitrogens with zero attached hydrogens (tertiary/aromatic N) is 2. The first-order valence-corrected chi connectivity index (χ1v) is 20.2. The Bertz CT molecular complexity index is 714. The number of carbonyl (C=O) groups excluding carboxylic acids is 2. The molecule has 0 saturated carbocycles. The summed E-state index contributed by atoms with van der Waals surface area (Å²) in [6.45, 7) is 7.25. The second-order valence-electron chi connectivity index (χ2n) is 14.1. The molecule has 0 aliphatic rings. The molecule has 0 rings (SSSR count). The molecule has 0 aromatic rings. The van der Waals surface area contributed by atoms with Gasteiger partial charge in [0.1, 0.15) is 5.78 Å². The molecule has 0 spiro atoms. The first-order valence-electron chi connectivity index (χ1n) is 20.2. The molecule has 0 unspecified atom stereocenters. The molecule has 0 aliphatic carbocycles. The first-order chi connectivity index (χ1) is 22.5. The Morgan fingerprint density at radius 1 is 0.413 bits per heavy atom. The first kappa shape index (κ1) is 44.6. The summed E-state index contributed by atoms with van der Waals surface area (Å²) in [6, 6.07) is 0. The van der Waals surface area contributed by atoms with Gasteiger partial charge < -0.3 is 9.80 Å². The van der Waals surface area contributed by atoms with Gasteiger partial charge in [-0.2, -0.15) is 0 Å². The minimum absolute atomic E-state index is 0.318. The molecule has 0 atom stereocenters. The van der Waals surface area contributed by atoms with Gasteiger partial charge in [0.25, 0.3) is 0 Å². The number of hydrogen-bond donors (Lipinski definition) is 0. The molecule has 0 heterocycles.